The Bertz CT molecular complexity index is 23.3. The highest BCUT2D eigenvalue weighted by Crippen LogP contribution is 1.49. The summed E-state index contributed by atoms with van der Waals surface area (Å²) in [5, 5.41) is 0. The topological polar surface area (TPSA) is 0 Å². The van der Waals surface area contributed by atoms with Gasteiger partial charge in [0.1, 0.15) is 0 Å². The van der Waals surface area contributed by atoms with E-state index in [1.54, 1.807) is 0 Å². The van der Waals surface area contributed by atoms with Crippen LogP contribution in [0.2, 0.25) is 0 Å². The molecule has 0 aliphatic carbocycles. The maximum atomic E-state index is 10.3. The van der Waals surface area contributed by atoms with Gasteiger partial charge in [-0.1, -0.05) is 0 Å². The van der Waals surface area contributed by atoms with Gasteiger partial charge in [-0.25, -0.2) is 0 Å². The summed E-state index contributed by atoms with van der Waals surface area (Å²) in [5.41, 5.74) is 0. The molecule has 0 saturated carbocycles. The molecule has 0 N–H and O–H groups in total. The molecule has 0 unspecified atom stereocenters. The molecule has 0 aromatic rings. The third-order valence-electron chi connectivity index (χ3n) is 0. The summed E-state index contributed by atoms with van der Waals surface area (Å²) < 4.78 is 60.2. The lowest BCUT2D eigenvalue weighted by molar-refractivity contribution is 0.527. The summed E-state index contributed by atoms with van der Waals surface area (Å²) in [6.45, 7) is 4.83. The van der Waals surface area contributed by atoms with Gasteiger partial charge in [-0.05, 0) is 27.7 Å². The van der Waals surface area contributed by atoms with Crippen LogP contribution in [0.1, 0.15) is 27.7 Å². The predicted octanol–water partition coefficient (Wildman–Crippen LogP) is 5.07. The van der Waals surface area contributed by atoms with Crippen LogP contribution in [0.15, 0.2) is 0 Å². The van der Waals surface area contributed by atoms with E-state index in [1.807, 2.05) is 0 Å². The highest BCUT2D eigenvalue weighted by atomic mass is 19.1. The molecule has 0 amide bonds. The monoisotopic (exact) mass is 260 g/mol. The summed E-state index contributed by atoms with van der Waals surface area (Å²) in [6, 6.07) is 0. The molecule has 0 atom stereocenters. The van der Waals surface area contributed by atoms with E-state index in [0.29, 0.717) is 14.4 Å². The summed E-state index contributed by atoms with van der Waals surface area (Å²) in [5.74, 6) is 0. The lowest BCUT2D eigenvalue weighted by Gasteiger charge is -1.45. The van der Waals surface area contributed by atoms with Crippen molar-refractivity contribution in [1.82, 2.24) is 0 Å². The van der Waals surface area contributed by atoms with Crippen LogP contribution < -0.4 is 0 Å². The van der Waals surface area contributed by atoms with Gasteiger partial charge in [0.2, 0.25) is 0 Å². The molecule has 0 spiro atoms. The molecule has 16 heavy (non-hydrogen) atoms. The van der Waals surface area contributed by atoms with E-state index in [-0.39, 0.29) is 26.7 Å². The highest BCUT2D eigenvalue weighted by molar-refractivity contribution is 3.86. The van der Waals surface area contributed by atoms with Crippen LogP contribution in [0.5, 0.6) is 0 Å². The molecule has 0 aliphatic heterocycles. The zero-order valence-electron chi connectivity index (χ0n) is 11.1. The maximum absolute atomic E-state index is 10.3. The van der Waals surface area contributed by atoms with E-state index < -0.39 is 0 Å². The zero-order chi connectivity index (χ0) is 14.8. The van der Waals surface area contributed by atoms with Crippen LogP contribution >= 0.6 is 0 Å². The Labute approximate surface area is 96.0 Å². The summed E-state index contributed by atoms with van der Waals surface area (Å²) >= 11 is 0. The molecule has 0 fully saturated rings. The van der Waals surface area contributed by atoms with Gasteiger partial charge in [0.15, 0.2) is 0 Å². The first-order chi connectivity index (χ1) is 7.66. The lowest BCUT2D eigenvalue weighted by Crippen LogP contribution is -1.40. The second kappa shape index (κ2) is 210. The first kappa shape index (κ1) is 36.1. The minimum absolute atomic E-state index is 0.250. The standard InChI is InChI=1S/4C2H5F.2CH3F/c4*1-2-3;2*1-2/h4*2H2,1H3;2*1H3. The molecular formula is C10H26F6. The Kier molecular flexibility index (Phi) is 473. The Morgan fingerprint density at radius 3 is 0.438 bits per heavy atom. The molecule has 0 rings (SSSR count). The maximum Gasteiger partial charge on any atom is 0.0866 e. The first-order valence-corrected chi connectivity index (χ1v) is 4.65. The summed E-state index contributed by atoms with van der Waals surface area (Å²) in [6.07, 6.45) is 0. The Morgan fingerprint density at radius 2 is 0.438 bits per heavy atom. The fourth-order valence-electron chi connectivity index (χ4n) is 0. The third kappa shape index (κ3) is 12200. The Morgan fingerprint density at radius 1 is 0.438 bits per heavy atom. The van der Waals surface area contributed by atoms with Gasteiger partial charge in [0.25, 0.3) is 0 Å². The average molecular weight is 260 g/mol. The number of hydrogen-bond acceptors (Lipinski definition) is 0. The van der Waals surface area contributed by atoms with E-state index >= 15 is 0 Å². The zero-order valence-corrected chi connectivity index (χ0v) is 11.1. The first-order valence-electron chi connectivity index (χ1n) is 4.65. The minimum atomic E-state index is -0.250. The molecule has 0 radical (unpaired) electrons. The molecular weight excluding hydrogens is 234 g/mol. The van der Waals surface area contributed by atoms with Gasteiger partial charge in [-0.2, -0.15) is 0 Å². The van der Waals surface area contributed by atoms with Crippen molar-refractivity contribution in [2.45, 2.75) is 27.7 Å². The van der Waals surface area contributed by atoms with Gasteiger partial charge < -0.3 is 0 Å². The number of alkyl halides is 6. The Hall–Kier alpha value is -0.420. The van der Waals surface area contributed by atoms with E-state index in [9.17, 15) is 26.3 Å². The lowest BCUT2D eigenvalue weighted by atomic mass is 10.9. The van der Waals surface area contributed by atoms with Gasteiger partial charge in [-0.3, -0.25) is 26.3 Å². The van der Waals surface area contributed by atoms with Crippen LogP contribution in [0.3, 0.4) is 0 Å². The molecule has 0 saturated heterocycles. The van der Waals surface area contributed by atoms with Crippen LogP contribution in [0, 0.1) is 0 Å². The molecule has 0 aliphatic rings. The second-order valence-corrected chi connectivity index (χ2v) is 1.07. The van der Waals surface area contributed by atoms with Gasteiger partial charge in [0.05, 0.1) is 41.1 Å². The largest absolute Gasteiger partial charge is 0.255 e. The average Bonchev–Trinajstić information content (AvgIpc) is 2.27. The van der Waals surface area contributed by atoms with Crippen molar-refractivity contribution in [2.75, 3.05) is 41.1 Å². The SMILES string of the molecule is CCF.CCF.CCF.CCF.CF.CF. The van der Waals surface area contributed by atoms with E-state index in [1.165, 1.54) is 27.7 Å². The van der Waals surface area contributed by atoms with Crippen molar-refractivity contribution in [3.63, 3.8) is 0 Å². The molecule has 0 heterocycles. The van der Waals surface area contributed by atoms with Gasteiger partial charge >= 0.3 is 0 Å². The molecule has 0 aromatic carbocycles. The van der Waals surface area contributed by atoms with Crippen molar-refractivity contribution in [3.05, 3.63) is 0 Å². The minimum Gasteiger partial charge on any atom is -0.255 e. The van der Waals surface area contributed by atoms with E-state index in [0.717, 1.165) is 0 Å². The van der Waals surface area contributed by atoms with Crippen LogP contribution in [0.25, 0.3) is 0 Å². The third-order valence-corrected chi connectivity index (χ3v) is 0. The molecule has 0 nitrogen and oxygen atoms in total. The van der Waals surface area contributed by atoms with Gasteiger partial charge in [-0.15, -0.1) is 0 Å². The van der Waals surface area contributed by atoms with Crippen LogP contribution in [0.4, 0.5) is 26.3 Å². The fraction of sp³-hybridized carbons (Fsp3) is 1.00. The molecule has 6 heteroatoms. The number of halogens is 6. The smallest absolute Gasteiger partial charge is 0.0866 e. The van der Waals surface area contributed by atoms with Crippen molar-refractivity contribution in [3.8, 4) is 0 Å². The van der Waals surface area contributed by atoms with Crippen LogP contribution in [-0.2, 0) is 0 Å². The van der Waals surface area contributed by atoms with Crippen LogP contribution in [-0.4, -0.2) is 41.1 Å². The summed E-state index contributed by atoms with van der Waals surface area (Å²) in [7, 11) is 1.00. The van der Waals surface area contributed by atoms with Crippen molar-refractivity contribution in [1.29, 1.82) is 0 Å². The van der Waals surface area contributed by atoms with E-state index in [4.69, 9.17) is 0 Å². The number of rotatable bonds is 0. The predicted molar refractivity (Wildman–Crippen MR) is 60.7 cm³/mol. The molecule has 108 valence electrons. The fourth-order valence-corrected chi connectivity index (χ4v) is 0. The second-order valence-electron chi connectivity index (χ2n) is 1.07. The Balaban J connectivity index is -0.0000000190. The van der Waals surface area contributed by atoms with Crippen molar-refractivity contribution >= 4 is 0 Å². The molecule has 0 bridgehead atoms. The highest BCUT2D eigenvalue weighted by Gasteiger charge is 1.40. The van der Waals surface area contributed by atoms with Gasteiger partial charge in [0, 0.05) is 0 Å². The normalized spacial score (nSPS) is 5.25. The quantitative estimate of drug-likeness (QED) is 0.533. The van der Waals surface area contributed by atoms with E-state index in [2.05, 4.69) is 0 Å². The van der Waals surface area contributed by atoms with Crippen molar-refractivity contribution < 1.29 is 26.3 Å². The summed E-state index contributed by atoms with van der Waals surface area (Å²) in [4.78, 5) is 0. The molecule has 0 aromatic heterocycles. The number of hydrogen-bond donors (Lipinski definition) is 0. The van der Waals surface area contributed by atoms with Crippen molar-refractivity contribution in [2.24, 2.45) is 0 Å².